The first kappa shape index (κ1) is 20.0. The number of amides is 1. The fraction of sp³-hybridized carbons (Fsp3) is 0.250. The molecule has 0 aliphatic rings. The van der Waals surface area contributed by atoms with Gasteiger partial charge in [-0.1, -0.05) is 36.4 Å². The highest BCUT2D eigenvalue weighted by Gasteiger charge is 2.25. The molecule has 2 aromatic carbocycles. The SMILES string of the molecule is COc1ccc(C)cc1NC(=O)COC(=O)[C@H](Cc1ccccc1)n1cnnn1. The summed E-state index contributed by atoms with van der Waals surface area (Å²) in [6, 6.07) is 14.0. The fourth-order valence-electron chi connectivity index (χ4n) is 2.77. The number of anilines is 1. The summed E-state index contributed by atoms with van der Waals surface area (Å²) in [7, 11) is 1.51. The van der Waals surface area contributed by atoms with Crippen LogP contribution in [0.15, 0.2) is 54.9 Å². The van der Waals surface area contributed by atoms with E-state index in [-0.39, 0.29) is 0 Å². The first-order valence-corrected chi connectivity index (χ1v) is 8.94. The summed E-state index contributed by atoms with van der Waals surface area (Å²) in [5, 5.41) is 13.6. The van der Waals surface area contributed by atoms with Crippen LogP contribution >= 0.6 is 0 Å². The summed E-state index contributed by atoms with van der Waals surface area (Å²) in [4.78, 5) is 24.9. The fourth-order valence-corrected chi connectivity index (χ4v) is 2.77. The van der Waals surface area contributed by atoms with Crippen LogP contribution in [0.5, 0.6) is 5.75 Å². The highest BCUT2D eigenvalue weighted by molar-refractivity contribution is 5.94. The Kier molecular flexibility index (Phi) is 6.51. The maximum atomic E-state index is 12.6. The number of esters is 1. The van der Waals surface area contributed by atoms with Crippen molar-refractivity contribution in [3.8, 4) is 5.75 Å². The molecular formula is C20H21N5O4. The highest BCUT2D eigenvalue weighted by Crippen LogP contribution is 2.25. The second-order valence-electron chi connectivity index (χ2n) is 6.35. The van der Waals surface area contributed by atoms with E-state index in [1.54, 1.807) is 12.1 Å². The molecule has 0 unspecified atom stereocenters. The zero-order valence-corrected chi connectivity index (χ0v) is 16.1. The maximum absolute atomic E-state index is 12.6. The van der Waals surface area contributed by atoms with Crippen molar-refractivity contribution < 1.29 is 19.1 Å². The number of nitrogens with zero attached hydrogens (tertiary/aromatic N) is 4. The minimum Gasteiger partial charge on any atom is -0.495 e. The Labute approximate surface area is 167 Å². The van der Waals surface area contributed by atoms with Gasteiger partial charge in [-0.25, -0.2) is 9.48 Å². The molecule has 9 heteroatoms. The van der Waals surface area contributed by atoms with Crippen LogP contribution in [-0.4, -0.2) is 45.8 Å². The smallest absolute Gasteiger partial charge is 0.331 e. The molecule has 0 fully saturated rings. The number of tetrazole rings is 1. The lowest BCUT2D eigenvalue weighted by molar-refractivity contribution is -0.151. The molecule has 0 aliphatic carbocycles. The van der Waals surface area contributed by atoms with Crippen LogP contribution in [0.2, 0.25) is 0 Å². The number of carbonyl (C=O) groups is 2. The van der Waals surface area contributed by atoms with Crippen LogP contribution in [0, 0.1) is 6.92 Å². The summed E-state index contributed by atoms with van der Waals surface area (Å²) < 4.78 is 11.8. The van der Waals surface area contributed by atoms with Gasteiger partial charge in [-0.05, 0) is 40.6 Å². The Morgan fingerprint density at radius 3 is 2.66 bits per heavy atom. The molecule has 0 radical (unpaired) electrons. The molecule has 0 spiro atoms. The topological polar surface area (TPSA) is 108 Å². The summed E-state index contributed by atoms with van der Waals surface area (Å²) in [5.41, 5.74) is 2.38. The third-order valence-corrected chi connectivity index (χ3v) is 4.20. The van der Waals surface area contributed by atoms with Gasteiger partial charge in [0.05, 0.1) is 12.8 Å². The van der Waals surface area contributed by atoms with Crippen LogP contribution in [0.25, 0.3) is 0 Å². The zero-order chi connectivity index (χ0) is 20.6. The van der Waals surface area contributed by atoms with Gasteiger partial charge in [0.15, 0.2) is 12.6 Å². The number of nitrogens with one attached hydrogen (secondary N) is 1. The largest absolute Gasteiger partial charge is 0.495 e. The van der Waals surface area contributed by atoms with Crippen LogP contribution in [0.1, 0.15) is 17.2 Å². The minimum absolute atomic E-state index is 0.331. The van der Waals surface area contributed by atoms with E-state index in [4.69, 9.17) is 9.47 Å². The molecule has 3 rings (SSSR count). The van der Waals surface area contributed by atoms with Crippen LogP contribution in [-0.2, 0) is 20.7 Å². The van der Waals surface area contributed by atoms with Crippen molar-refractivity contribution in [1.29, 1.82) is 0 Å². The van der Waals surface area contributed by atoms with Crippen LogP contribution in [0.4, 0.5) is 5.69 Å². The molecule has 1 N–H and O–H groups in total. The number of hydrogen-bond acceptors (Lipinski definition) is 7. The number of aryl methyl sites for hydroxylation is 1. The van der Waals surface area contributed by atoms with Gasteiger partial charge in [-0.15, -0.1) is 5.10 Å². The average Bonchev–Trinajstić information content (AvgIpc) is 3.26. The molecule has 9 nitrogen and oxygen atoms in total. The van der Waals surface area contributed by atoms with Crippen molar-refractivity contribution in [3.05, 3.63) is 66.0 Å². The van der Waals surface area contributed by atoms with Crippen LogP contribution in [0.3, 0.4) is 0 Å². The molecule has 1 amide bonds. The average molecular weight is 395 g/mol. The number of carbonyl (C=O) groups excluding carboxylic acids is 2. The van der Waals surface area contributed by atoms with Gasteiger partial charge >= 0.3 is 5.97 Å². The number of hydrogen-bond donors (Lipinski definition) is 1. The standard InChI is InChI=1S/C20H21N5O4/c1-14-8-9-18(28-2)16(10-14)22-19(26)12-29-20(27)17(25-13-21-23-24-25)11-15-6-4-3-5-7-15/h3-10,13,17H,11-12H2,1-2H3,(H,22,26)/t17-/m0/s1. The molecule has 0 saturated heterocycles. The van der Waals surface area contributed by atoms with E-state index in [1.807, 2.05) is 43.3 Å². The van der Waals surface area contributed by atoms with Gasteiger partial charge in [0, 0.05) is 6.42 Å². The van der Waals surface area contributed by atoms with E-state index in [9.17, 15) is 9.59 Å². The number of benzene rings is 2. The van der Waals surface area contributed by atoms with E-state index in [0.29, 0.717) is 17.9 Å². The number of methoxy groups -OCH3 is 1. The lowest BCUT2D eigenvalue weighted by Crippen LogP contribution is -2.28. The van der Waals surface area contributed by atoms with E-state index in [2.05, 4.69) is 20.8 Å². The van der Waals surface area contributed by atoms with Crippen molar-refractivity contribution in [3.63, 3.8) is 0 Å². The van der Waals surface area contributed by atoms with Crippen molar-refractivity contribution in [2.75, 3.05) is 19.0 Å². The van der Waals surface area contributed by atoms with Crippen molar-refractivity contribution >= 4 is 17.6 Å². The zero-order valence-electron chi connectivity index (χ0n) is 16.1. The first-order valence-electron chi connectivity index (χ1n) is 8.94. The van der Waals surface area contributed by atoms with Gasteiger partial charge in [0.2, 0.25) is 0 Å². The molecule has 0 bridgehead atoms. The minimum atomic E-state index is -0.784. The van der Waals surface area contributed by atoms with Crippen LogP contribution < -0.4 is 10.1 Å². The molecule has 0 saturated carbocycles. The molecule has 0 aliphatic heterocycles. The summed E-state index contributed by atoms with van der Waals surface area (Å²) in [6.07, 6.45) is 1.67. The molecule has 1 aromatic heterocycles. The highest BCUT2D eigenvalue weighted by atomic mass is 16.5. The van der Waals surface area contributed by atoms with E-state index in [1.165, 1.54) is 18.1 Å². The summed E-state index contributed by atoms with van der Waals surface area (Å²) in [5.74, 6) is -0.559. The van der Waals surface area contributed by atoms with Crippen molar-refractivity contribution in [2.24, 2.45) is 0 Å². The van der Waals surface area contributed by atoms with Gasteiger partial charge < -0.3 is 14.8 Å². The normalized spacial score (nSPS) is 11.5. The van der Waals surface area contributed by atoms with Gasteiger partial charge in [0.1, 0.15) is 12.1 Å². The summed E-state index contributed by atoms with van der Waals surface area (Å²) >= 11 is 0. The van der Waals surface area contributed by atoms with E-state index in [0.717, 1.165) is 11.1 Å². The van der Waals surface area contributed by atoms with Gasteiger partial charge in [-0.2, -0.15) is 0 Å². The molecule has 1 atom stereocenters. The third-order valence-electron chi connectivity index (χ3n) is 4.20. The third kappa shape index (κ3) is 5.38. The Bertz CT molecular complexity index is 960. The Morgan fingerprint density at radius 1 is 1.17 bits per heavy atom. The molecule has 3 aromatic rings. The number of ether oxygens (including phenoxy) is 2. The Morgan fingerprint density at radius 2 is 1.97 bits per heavy atom. The molecule has 29 heavy (non-hydrogen) atoms. The van der Waals surface area contributed by atoms with Crippen molar-refractivity contribution in [2.45, 2.75) is 19.4 Å². The lowest BCUT2D eigenvalue weighted by atomic mass is 10.1. The Balaban J connectivity index is 1.64. The quantitative estimate of drug-likeness (QED) is 0.581. The van der Waals surface area contributed by atoms with Gasteiger partial charge in [0.25, 0.3) is 5.91 Å². The molecule has 150 valence electrons. The Hall–Kier alpha value is -3.75. The molecule has 1 heterocycles. The first-order chi connectivity index (χ1) is 14.1. The summed E-state index contributed by atoms with van der Waals surface area (Å²) in [6.45, 7) is 1.46. The number of rotatable bonds is 8. The van der Waals surface area contributed by atoms with E-state index < -0.39 is 24.5 Å². The molecular weight excluding hydrogens is 374 g/mol. The van der Waals surface area contributed by atoms with E-state index >= 15 is 0 Å². The number of aromatic nitrogens is 4. The van der Waals surface area contributed by atoms with Crippen molar-refractivity contribution in [1.82, 2.24) is 20.2 Å². The second kappa shape index (κ2) is 9.45. The lowest BCUT2D eigenvalue weighted by Gasteiger charge is -2.16. The monoisotopic (exact) mass is 395 g/mol. The predicted octanol–water partition coefficient (Wildman–Crippen LogP) is 1.96. The predicted molar refractivity (Wildman–Crippen MR) is 104 cm³/mol. The maximum Gasteiger partial charge on any atom is 0.331 e. The second-order valence-corrected chi connectivity index (χ2v) is 6.35. The van der Waals surface area contributed by atoms with Gasteiger partial charge in [-0.3, -0.25) is 4.79 Å².